The predicted octanol–water partition coefficient (Wildman–Crippen LogP) is 2.19. The number of aryl methyl sites for hydroxylation is 2. The van der Waals surface area contributed by atoms with Crippen LogP contribution in [0.3, 0.4) is 0 Å². The Hall–Kier alpha value is -0.440. The van der Waals surface area contributed by atoms with Gasteiger partial charge in [-0.05, 0) is 38.5 Å². The van der Waals surface area contributed by atoms with E-state index in [0.29, 0.717) is 0 Å². The number of aromatic nitrogens is 2. The quantitative estimate of drug-likeness (QED) is 0.266. The van der Waals surface area contributed by atoms with Crippen LogP contribution in [0.4, 0.5) is 0 Å². The van der Waals surface area contributed by atoms with Gasteiger partial charge in [-0.25, -0.2) is 0 Å². The van der Waals surface area contributed by atoms with E-state index in [1.165, 1.54) is 5.56 Å². The lowest BCUT2D eigenvalue weighted by Crippen LogP contribution is -2.38. The average molecular weight is 411 g/mol. The number of halogens is 1. The lowest BCUT2D eigenvalue weighted by atomic mass is 10.1. The molecule has 0 radical (unpaired) electrons. The fraction of sp³-hybridized carbons (Fsp3) is 0.692. The third-order valence-electron chi connectivity index (χ3n) is 2.75. The summed E-state index contributed by atoms with van der Waals surface area (Å²) in [5.41, 5.74) is 2.45. The summed E-state index contributed by atoms with van der Waals surface area (Å²) in [6.07, 6.45) is 6.08. The molecular formula is C13H26IN5S. The minimum Gasteiger partial charge on any atom is -0.357 e. The van der Waals surface area contributed by atoms with Gasteiger partial charge >= 0.3 is 0 Å². The molecule has 0 aliphatic rings. The third-order valence-corrected chi connectivity index (χ3v) is 3.36. The first kappa shape index (κ1) is 19.6. The number of aliphatic imine (C=N–C) groups is 1. The molecule has 1 rings (SSSR count). The van der Waals surface area contributed by atoms with Crippen LogP contribution in [0, 0.1) is 6.92 Å². The van der Waals surface area contributed by atoms with E-state index in [0.717, 1.165) is 49.9 Å². The zero-order valence-corrected chi connectivity index (χ0v) is 15.7. The molecule has 1 aromatic heterocycles. The van der Waals surface area contributed by atoms with Gasteiger partial charge < -0.3 is 10.6 Å². The van der Waals surface area contributed by atoms with Crippen molar-refractivity contribution >= 4 is 41.7 Å². The summed E-state index contributed by atoms with van der Waals surface area (Å²) in [4.78, 5) is 4.57. The van der Waals surface area contributed by atoms with Crippen LogP contribution < -0.4 is 10.6 Å². The molecule has 0 bridgehead atoms. The second kappa shape index (κ2) is 12.3. The number of H-pyrrole nitrogens is 1. The van der Waals surface area contributed by atoms with Gasteiger partial charge in [-0.3, -0.25) is 10.1 Å². The molecule has 0 saturated heterocycles. The molecule has 0 spiro atoms. The SMILES string of the molecule is CCNC(=NCCCc1cn[nH]c1C)NCCSC.I. The maximum absolute atomic E-state index is 4.57. The lowest BCUT2D eigenvalue weighted by molar-refractivity contribution is 0.794. The Balaban J connectivity index is 0.00000361. The van der Waals surface area contributed by atoms with Crippen LogP contribution in [-0.4, -0.2) is 47.8 Å². The van der Waals surface area contributed by atoms with Gasteiger partial charge in [0.15, 0.2) is 5.96 Å². The van der Waals surface area contributed by atoms with Crippen molar-refractivity contribution in [3.05, 3.63) is 17.5 Å². The van der Waals surface area contributed by atoms with Crippen LogP contribution in [0.25, 0.3) is 0 Å². The van der Waals surface area contributed by atoms with E-state index in [2.05, 4.69) is 45.9 Å². The van der Waals surface area contributed by atoms with E-state index in [4.69, 9.17) is 0 Å². The number of rotatable bonds is 8. The molecule has 1 aromatic rings. The van der Waals surface area contributed by atoms with Crippen molar-refractivity contribution < 1.29 is 0 Å². The van der Waals surface area contributed by atoms with Crippen LogP contribution >= 0.6 is 35.7 Å². The topological polar surface area (TPSA) is 65.1 Å². The van der Waals surface area contributed by atoms with Gasteiger partial charge in [-0.15, -0.1) is 24.0 Å². The molecule has 0 amide bonds. The summed E-state index contributed by atoms with van der Waals surface area (Å²) in [5, 5.41) is 13.6. The lowest BCUT2D eigenvalue weighted by Gasteiger charge is -2.10. The number of hydrogen-bond donors (Lipinski definition) is 3. The summed E-state index contributed by atoms with van der Waals surface area (Å²) in [6, 6.07) is 0. The van der Waals surface area contributed by atoms with Gasteiger partial charge in [-0.1, -0.05) is 0 Å². The number of nitrogens with zero attached hydrogens (tertiary/aromatic N) is 2. The monoisotopic (exact) mass is 411 g/mol. The molecule has 0 saturated carbocycles. The van der Waals surface area contributed by atoms with E-state index in [1.807, 2.05) is 18.0 Å². The van der Waals surface area contributed by atoms with Gasteiger partial charge in [-0.2, -0.15) is 16.9 Å². The largest absolute Gasteiger partial charge is 0.357 e. The van der Waals surface area contributed by atoms with Gasteiger partial charge in [0.1, 0.15) is 0 Å². The summed E-state index contributed by atoms with van der Waals surface area (Å²) >= 11 is 1.83. The van der Waals surface area contributed by atoms with E-state index in [9.17, 15) is 0 Å². The minimum atomic E-state index is 0. The number of thioether (sulfide) groups is 1. The smallest absolute Gasteiger partial charge is 0.191 e. The van der Waals surface area contributed by atoms with E-state index >= 15 is 0 Å². The number of nitrogens with one attached hydrogen (secondary N) is 3. The third kappa shape index (κ3) is 7.98. The minimum absolute atomic E-state index is 0. The molecule has 0 aliphatic heterocycles. The van der Waals surface area contributed by atoms with Crippen molar-refractivity contribution in [2.24, 2.45) is 4.99 Å². The molecule has 0 aliphatic carbocycles. The van der Waals surface area contributed by atoms with Gasteiger partial charge in [0.2, 0.25) is 0 Å². The Kier molecular flexibility index (Phi) is 12.0. The molecule has 1 heterocycles. The van der Waals surface area contributed by atoms with Gasteiger partial charge in [0, 0.05) is 31.1 Å². The van der Waals surface area contributed by atoms with Crippen LogP contribution in [0.1, 0.15) is 24.6 Å². The Morgan fingerprint density at radius 3 is 2.85 bits per heavy atom. The average Bonchev–Trinajstić information content (AvgIpc) is 2.80. The van der Waals surface area contributed by atoms with E-state index in [-0.39, 0.29) is 24.0 Å². The molecule has 116 valence electrons. The first-order valence-electron chi connectivity index (χ1n) is 6.78. The van der Waals surface area contributed by atoms with E-state index < -0.39 is 0 Å². The highest BCUT2D eigenvalue weighted by Gasteiger charge is 2.00. The van der Waals surface area contributed by atoms with E-state index in [1.54, 1.807) is 0 Å². The molecule has 0 unspecified atom stereocenters. The second-order valence-electron chi connectivity index (χ2n) is 4.30. The molecule has 0 atom stereocenters. The summed E-state index contributed by atoms with van der Waals surface area (Å²) in [7, 11) is 0. The predicted molar refractivity (Wildman–Crippen MR) is 99.4 cm³/mol. The fourth-order valence-electron chi connectivity index (χ4n) is 1.70. The van der Waals surface area contributed by atoms with Crippen molar-refractivity contribution in [2.75, 3.05) is 31.6 Å². The van der Waals surface area contributed by atoms with Crippen LogP contribution in [0.5, 0.6) is 0 Å². The molecular weight excluding hydrogens is 385 g/mol. The highest BCUT2D eigenvalue weighted by Crippen LogP contribution is 2.05. The zero-order chi connectivity index (χ0) is 13.9. The van der Waals surface area contributed by atoms with Crippen molar-refractivity contribution in [3.63, 3.8) is 0 Å². The summed E-state index contributed by atoms with van der Waals surface area (Å²) in [5.74, 6) is 2.01. The molecule has 0 fully saturated rings. The van der Waals surface area contributed by atoms with Crippen LogP contribution in [0.15, 0.2) is 11.2 Å². The highest BCUT2D eigenvalue weighted by molar-refractivity contribution is 14.0. The molecule has 3 N–H and O–H groups in total. The first-order chi connectivity index (χ1) is 9.27. The van der Waals surface area contributed by atoms with Crippen molar-refractivity contribution in [2.45, 2.75) is 26.7 Å². The molecule has 20 heavy (non-hydrogen) atoms. The Bertz CT molecular complexity index is 381. The number of aromatic amines is 1. The number of hydrogen-bond acceptors (Lipinski definition) is 3. The van der Waals surface area contributed by atoms with Gasteiger partial charge in [0.25, 0.3) is 0 Å². The van der Waals surface area contributed by atoms with Crippen molar-refractivity contribution in [1.29, 1.82) is 0 Å². The van der Waals surface area contributed by atoms with Crippen molar-refractivity contribution in [1.82, 2.24) is 20.8 Å². The van der Waals surface area contributed by atoms with Crippen LogP contribution in [-0.2, 0) is 6.42 Å². The molecule has 5 nitrogen and oxygen atoms in total. The molecule has 0 aromatic carbocycles. The maximum atomic E-state index is 4.57. The second-order valence-corrected chi connectivity index (χ2v) is 5.29. The Labute approximate surface area is 143 Å². The maximum Gasteiger partial charge on any atom is 0.191 e. The van der Waals surface area contributed by atoms with Crippen LogP contribution in [0.2, 0.25) is 0 Å². The summed E-state index contributed by atoms with van der Waals surface area (Å²) in [6.45, 7) is 6.82. The normalized spacial score (nSPS) is 11.1. The Morgan fingerprint density at radius 1 is 1.45 bits per heavy atom. The van der Waals surface area contributed by atoms with Gasteiger partial charge in [0.05, 0.1) is 6.20 Å². The standard InChI is InChI=1S/C13H25N5S.HI/c1-4-14-13(16-8-9-19-3)15-7-5-6-12-10-17-18-11(12)2;/h10H,4-9H2,1-3H3,(H,17,18)(H2,14,15,16);1H. The highest BCUT2D eigenvalue weighted by atomic mass is 127. The zero-order valence-electron chi connectivity index (χ0n) is 12.5. The fourth-order valence-corrected chi connectivity index (χ4v) is 2.01. The number of guanidine groups is 1. The molecule has 7 heteroatoms. The Morgan fingerprint density at radius 2 is 2.25 bits per heavy atom. The van der Waals surface area contributed by atoms with Crippen molar-refractivity contribution in [3.8, 4) is 0 Å². The first-order valence-corrected chi connectivity index (χ1v) is 8.17. The summed E-state index contributed by atoms with van der Waals surface area (Å²) < 4.78 is 0.